The van der Waals surface area contributed by atoms with Crippen molar-refractivity contribution >= 4 is 5.91 Å². The highest BCUT2D eigenvalue weighted by molar-refractivity contribution is 5.79. The molecule has 1 aliphatic carbocycles. The van der Waals surface area contributed by atoms with Crippen molar-refractivity contribution < 1.29 is 9.53 Å². The molecule has 0 spiro atoms. The van der Waals surface area contributed by atoms with Gasteiger partial charge < -0.3 is 15.8 Å². The number of hydrogen-bond donors (Lipinski definition) is 2. The van der Waals surface area contributed by atoms with Crippen LogP contribution in [0, 0.1) is 11.3 Å². The number of carbonyl (C=O) groups excluding carboxylic acids is 1. The standard InChI is InChI=1S/C14H28N2O2/c1-14(2,3)8-10(9-15)13(17)16-11-5-6-12(7-11)18-4/h10-12H,5-9,15H2,1-4H3,(H,16,17). The number of nitrogens with two attached hydrogens (primary N) is 1. The summed E-state index contributed by atoms with van der Waals surface area (Å²) in [5.74, 6) is 0.0285. The van der Waals surface area contributed by atoms with Crippen LogP contribution in [0.1, 0.15) is 46.5 Å². The summed E-state index contributed by atoms with van der Waals surface area (Å²) in [5.41, 5.74) is 5.85. The van der Waals surface area contributed by atoms with Crippen LogP contribution >= 0.6 is 0 Å². The Morgan fingerprint density at radius 2 is 2.11 bits per heavy atom. The maximum Gasteiger partial charge on any atom is 0.224 e. The zero-order valence-electron chi connectivity index (χ0n) is 12.2. The van der Waals surface area contributed by atoms with Crippen molar-refractivity contribution in [1.29, 1.82) is 0 Å². The van der Waals surface area contributed by atoms with E-state index in [-0.39, 0.29) is 23.3 Å². The average molecular weight is 256 g/mol. The minimum absolute atomic E-state index is 0.0772. The summed E-state index contributed by atoms with van der Waals surface area (Å²) in [4.78, 5) is 12.2. The molecule has 4 heteroatoms. The molecule has 0 saturated heterocycles. The summed E-state index contributed by atoms with van der Waals surface area (Å²) in [6, 6.07) is 0.261. The molecule has 0 bridgehead atoms. The molecule has 106 valence electrons. The van der Waals surface area contributed by atoms with E-state index in [4.69, 9.17) is 10.5 Å². The van der Waals surface area contributed by atoms with Crippen LogP contribution in [0.4, 0.5) is 0 Å². The topological polar surface area (TPSA) is 64.3 Å². The molecule has 1 amide bonds. The third kappa shape index (κ3) is 4.94. The first kappa shape index (κ1) is 15.4. The van der Waals surface area contributed by atoms with Crippen LogP contribution in [0.25, 0.3) is 0 Å². The lowest BCUT2D eigenvalue weighted by molar-refractivity contribution is -0.126. The molecule has 1 rings (SSSR count). The maximum atomic E-state index is 12.2. The van der Waals surface area contributed by atoms with Gasteiger partial charge in [-0.25, -0.2) is 0 Å². The van der Waals surface area contributed by atoms with Gasteiger partial charge in [0.25, 0.3) is 0 Å². The lowest BCUT2D eigenvalue weighted by atomic mass is 9.84. The molecule has 3 unspecified atom stereocenters. The Balaban J connectivity index is 2.43. The smallest absolute Gasteiger partial charge is 0.224 e. The van der Waals surface area contributed by atoms with E-state index >= 15 is 0 Å². The Hall–Kier alpha value is -0.610. The zero-order valence-corrected chi connectivity index (χ0v) is 12.2. The van der Waals surface area contributed by atoms with Crippen molar-refractivity contribution in [3.8, 4) is 0 Å². The Kier molecular flexibility index (Phi) is 5.60. The molecule has 1 fully saturated rings. The van der Waals surface area contributed by atoms with E-state index in [9.17, 15) is 4.79 Å². The first-order valence-corrected chi connectivity index (χ1v) is 6.89. The van der Waals surface area contributed by atoms with Gasteiger partial charge in [0.2, 0.25) is 5.91 Å². The van der Waals surface area contributed by atoms with Crippen molar-refractivity contribution in [3.05, 3.63) is 0 Å². The molecular formula is C14H28N2O2. The Morgan fingerprint density at radius 1 is 1.44 bits per heavy atom. The van der Waals surface area contributed by atoms with Crippen molar-refractivity contribution in [2.75, 3.05) is 13.7 Å². The van der Waals surface area contributed by atoms with Crippen molar-refractivity contribution in [1.82, 2.24) is 5.32 Å². The minimum Gasteiger partial charge on any atom is -0.381 e. The van der Waals surface area contributed by atoms with Crippen LogP contribution in [0.3, 0.4) is 0 Å². The van der Waals surface area contributed by atoms with E-state index in [1.807, 2.05) is 0 Å². The van der Waals surface area contributed by atoms with Gasteiger partial charge in [-0.3, -0.25) is 4.79 Å². The van der Waals surface area contributed by atoms with E-state index in [1.165, 1.54) is 0 Å². The SMILES string of the molecule is COC1CCC(NC(=O)C(CN)CC(C)(C)C)C1. The molecule has 18 heavy (non-hydrogen) atoms. The number of rotatable bonds is 5. The van der Waals surface area contributed by atoms with E-state index < -0.39 is 0 Å². The molecule has 0 aromatic heterocycles. The van der Waals surface area contributed by atoms with Gasteiger partial charge in [-0.2, -0.15) is 0 Å². The maximum absolute atomic E-state index is 12.2. The minimum atomic E-state index is -0.0772. The second kappa shape index (κ2) is 6.53. The number of carbonyl (C=O) groups is 1. The van der Waals surface area contributed by atoms with Gasteiger partial charge >= 0.3 is 0 Å². The van der Waals surface area contributed by atoms with Gasteiger partial charge in [-0.05, 0) is 31.1 Å². The summed E-state index contributed by atoms with van der Waals surface area (Å²) < 4.78 is 5.31. The predicted octanol–water partition coefficient (Wildman–Crippen LogP) is 1.68. The molecule has 4 nitrogen and oxygen atoms in total. The molecule has 0 aromatic carbocycles. The van der Waals surface area contributed by atoms with Gasteiger partial charge in [0.15, 0.2) is 0 Å². The van der Waals surface area contributed by atoms with Gasteiger partial charge in [-0.1, -0.05) is 20.8 Å². The third-order valence-electron chi connectivity index (χ3n) is 3.58. The number of methoxy groups -OCH3 is 1. The number of hydrogen-bond acceptors (Lipinski definition) is 3. The summed E-state index contributed by atoms with van der Waals surface area (Å²) >= 11 is 0. The first-order chi connectivity index (χ1) is 8.35. The van der Waals surface area contributed by atoms with E-state index in [0.717, 1.165) is 25.7 Å². The van der Waals surface area contributed by atoms with Gasteiger partial charge in [0.05, 0.1) is 12.0 Å². The number of nitrogens with one attached hydrogen (secondary N) is 1. The molecular weight excluding hydrogens is 228 g/mol. The monoisotopic (exact) mass is 256 g/mol. The number of amides is 1. The Labute approximate surface area is 111 Å². The Bertz CT molecular complexity index is 273. The van der Waals surface area contributed by atoms with Crippen LogP contribution in [0.5, 0.6) is 0 Å². The molecule has 3 atom stereocenters. The van der Waals surface area contributed by atoms with Gasteiger partial charge in [0.1, 0.15) is 0 Å². The molecule has 1 saturated carbocycles. The summed E-state index contributed by atoms with van der Waals surface area (Å²) in [5, 5.41) is 3.12. The normalized spacial score (nSPS) is 26.1. The fraction of sp³-hybridized carbons (Fsp3) is 0.929. The van der Waals surface area contributed by atoms with Crippen LogP contribution in [-0.2, 0) is 9.53 Å². The highest BCUT2D eigenvalue weighted by Crippen LogP contribution is 2.25. The highest BCUT2D eigenvalue weighted by Gasteiger charge is 2.29. The quantitative estimate of drug-likeness (QED) is 0.786. The summed E-state index contributed by atoms with van der Waals surface area (Å²) in [7, 11) is 1.73. The van der Waals surface area contributed by atoms with Crippen LogP contribution < -0.4 is 11.1 Å². The molecule has 3 N–H and O–H groups in total. The summed E-state index contributed by atoms with van der Waals surface area (Å²) in [6.45, 7) is 6.84. The fourth-order valence-electron chi connectivity index (χ4n) is 2.63. The van der Waals surface area contributed by atoms with E-state index in [2.05, 4.69) is 26.1 Å². The average Bonchev–Trinajstić information content (AvgIpc) is 2.72. The molecule has 0 aromatic rings. The predicted molar refractivity (Wildman–Crippen MR) is 73.2 cm³/mol. The molecule has 0 aliphatic heterocycles. The Morgan fingerprint density at radius 3 is 2.56 bits per heavy atom. The van der Waals surface area contributed by atoms with Crippen LogP contribution in [-0.4, -0.2) is 31.7 Å². The van der Waals surface area contributed by atoms with Crippen molar-refractivity contribution in [2.45, 2.75) is 58.6 Å². The first-order valence-electron chi connectivity index (χ1n) is 6.89. The summed E-state index contributed by atoms with van der Waals surface area (Å²) in [6.07, 6.45) is 4.10. The van der Waals surface area contributed by atoms with Crippen LogP contribution in [0.2, 0.25) is 0 Å². The molecule has 0 heterocycles. The van der Waals surface area contributed by atoms with E-state index in [1.54, 1.807) is 7.11 Å². The van der Waals surface area contributed by atoms with Crippen molar-refractivity contribution in [2.24, 2.45) is 17.1 Å². The van der Waals surface area contributed by atoms with Gasteiger partial charge in [-0.15, -0.1) is 0 Å². The second-order valence-corrected chi connectivity index (χ2v) is 6.57. The lowest BCUT2D eigenvalue weighted by Crippen LogP contribution is -2.41. The van der Waals surface area contributed by atoms with E-state index in [0.29, 0.717) is 12.6 Å². The fourth-order valence-corrected chi connectivity index (χ4v) is 2.63. The molecule has 0 radical (unpaired) electrons. The second-order valence-electron chi connectivity index (χ2n) is 6.57. The third-order valence-corrected chi connectivity index (χ3v) is 3.58. The number of ether oxygens (including phenoxy) is 1. The van der Waals surface area contributed by atoms with Gasteiger partial charge in [0, 0.05) is 19.7 Å². The van der Waals surface area contributed by atoms with Crippen molar-refractivity contribution in [3.63, 3.8) is 0 Å². The highest BCUT2D eigenvalue weighted by atomic mass is 16.5. The van der Waals surface area contributed by atoms with Crippen LogP contribution in [0.15, 0.2) is 0 Å². The largest absolute Gasteiger partial charge is 0.381 e. The zero-order chi connectivity index (χ0) is 13.8. The molecule has 1 aliphatic rings. The lowest BCUT2D eigenvalue weighted by Gasteiger charge is -2.25.